The normalized spacial score (nSPS) is 11.4. The third-order valence-electron chi connectivity index (χ3n) is 6.06. The second kappa shape index (κ2) is 9.25. The first-order chi connectivity index (χ1) is 16.5. The zero-order chi connectivity index (χ0) is 25.3. The van der Waals surface area contributed by atoms with Crippen LogP contribution in [-0.4, -0.2) is 20.7 Å². The second-order valence-corrected chi connectivity index (χ2v) is 9.88. The monoisotopic (exact) mass is 469 g/mol. The number of aromatic amines is 1. The standard InChI is InChI=1S/C28H31N5O2/c1-17-14-25(32-31-17)29-24-15-20(16-33(6)27(24)35)22-8-7-9-23(18(22)2)30-26(34)19-10-12-21(13-11-19)28(3,4)5/h7-16H,1-6H3,(H,30,34)(H2,29,31,32). The number of nitrogens with one attached hydrogen (secondary N) is 3. The molecule has 2 heterocycles. The number of benzene rings is 2. The maximum Gasteiger partial charge on any atom is 0.274 e. The molecule has 0 aliphatic heterocycles. The van der Waals surface area contributed by atoms with Gasteiger partial charge in [0, 0.05) is 41.8 Å². The van der Waals surface area contributed by atoms with Crippen LogP contribution < -0.4 is 16.2 Å². The zero-order valence-electron chi connectivity index (χ0n) is 21.0. The first-order valence-corrected chi connectivity index (χ1v) is 11.5. The number of pyridine rings is 1. The van der Waals surface area contributed by atoms with Crippen molar-refractivity contribution in [1.29, 1.82) is 0 Å². The quantitative estimate of drug-likeness (QED) is 0.350. The van der Waals surface area contributed by atoms with Gasteiger partial charge in [0.05, 0.1) is 0 Å². The van der Waals surface area contributed by atoms with Gasteiger partial charge < -0.3 is 15.2 Å². The smallest absolute Gasteiger partial charge is 0.274 e. The Morgan fingerprint density at radius 1 is 1.00 bits per heavy atom. The molecule has 0 spiro atoms. The molecule has 0 bridgehead atoms. The molecular weight excluding hydrogens is 438 g/mol. The van der Waals surface area contributed by atoms with E-state index in [0.29, 0.717) is 17.1 Å². The molecule has 7 nitrogen and oxygen atoms in total. The van der Waals surface area contributed by atoms with Crippen molar-refractivity contribution in [3.05, 3.63) is 93.5 Å². The Morgan fingerprint density at radius 3 is 2.34 bits per heavy atom. The van der Waals surface area contributed by atoms with Crippen molar-refractivity contribution in [1.82, 2.24) is 14.8 Å². The zero-order valence-corrected chi connectivity index (χ0v) is 21.0. The lowest BCUT2D eigenvalue weighted by Gasteiger charge is -2.19. The van der Waals surface area contributed by atoms with Crippen LogP contribution in [0.4, 0.5) is 17.2 Å². The highest BCUT2D eigenvalue weighted by molar-refractivity contribution is 6.05. The predicted octanol–water partition coefficient (Wildman–Crippen LogP) is 5.69. The van der Waals surface area contributed by atoms with Crippen molar-refractivity contribution in [3.8, 4) is 11.1 Å². The minimum Gasteiger partial charge on any atom is -0.334 e. The lowest BCUT2D eigenvalue weighted by Crippen LogP contribution is -2.19. The Bertz CT molecular complexity index is 1440. The lowest BCUT2D eigenvalue weighted by atomic mass is 9.86. The van der Waals surface area contributed by atoms with Crippen LogP contribution in [0.15, 0.2) is 65.6 Å². The van der Waals surface area contributed by atoms with E-state index in [-0.39, 0.29) is 16.9 Å². The summed E-state index contributed by atoms with van der Waals surface area (Å²) in [4.78, 5) is 25.7. The van der Waals surface area contributed by atoms with Gasteiger partial charge in [-0.3, -0.25) is 14.7 Å². The van der Waals surface area contributed by atoms with Gasteiger partial charge >= 0.3 is 0 Å². The second-order valence-electron chi connectivity index (χ2n) is 9.88. The summed E-state index contributed by atoms with van der Waals surface area (Å²) in [5, 5.41) is 13.2. The number of aryl methyl sites for hydroxylation is 2. The number of carbonyl (C=O) groups excluding carboxylic acids is 1. The summed E-state index contributed by atoms with van der Waals surface area (Å²) in [6.45, 7) is 10.3. The number of carbonyl (C=O) groups is 1. The number of nitrogens with zero attached hydrogens (tertiary/aromatic N) is 2. The number of hydrogen-bond donors (Lipinski definition) is 3. The SMILES string of the molecule is Cc1cc(Nc2cc(-c3cccc(NC(=O)c4ccc(C(C)(C)C)cc4)c3C)cn(C)c2=O)n[nH]1. The molecule has 2 aromatic carbocycles. The molecule has 7 heteroatoms. The summed E-state index contributed by atoms with van der Waals surface area (Å²) < 4.78 is 1.54. The van der Waals surface area contributed by atoms with E-state index in [0.717, 1.165) is 28.1 Å². The molecule has 0 aliphatic rings. The molecule has 0 saturated carbocycles. The Morgan fingerprint density at radius 2 is 1.71 bits per heavy atom. The van der Waals surface area contributed by atoms with Crippen LogP contribution in [-0.2, 0) is 12.5 Å². The fourth-order valence-corrected chi connectivity index (χ4v) is 3.97. The average Bonchev–Trinajstić information content (AvgIpc) is 3.22. The highest BCUT2D eigenvalue weighted by Crippen LogP contribution is 2.30. The summed E-state index contributed by atoms with van der Waals surface area (Å²) in [6, 6.07) is 17.1. The van der Waals surface area contributed by atoms with Gasteiger partial charge in [0.15, 0.2) is 5.82 Å². The van der Waals surface area contributed by atoms with Crippen LogP contribution in [0.25, 0.3) is 11.1 Å². The van der Waals surface area contributed by atoms with Crippen LogP contribution in [0.1, 0.15) is 48.0 Å². The first-order valence-electron chi connectivity index (χ1n) is 11.5. The summed E-state index contributed by atoms with van der Waals surface area (Å²) >= 11 is 0. The maximum atomic E-state index is 13.0. The Hall–Kier alpha value is -4.13. The molecule has 4 rings (SSSR count). The number of anilines is 3. The van der Waals surface area contributed by atoms with Gasteiger partial charge in [0.1, 0.15) is 5.69 Å². The van der Waals surface area contributed by atoms with Crippen LogP contribution in [0.3, 0.4) is 0 Å². The molecule has 0 radical (unpaired) electrons. The van der Waals surface area contributed by atoms with Gasteiger partial charge in [-0.15, -0.1) is 0 Å². The van der Waals surface area contributed by atoms with Crippen molar-refractivity contribution in [2.45, 2.75) is 40.0 Å². The van der Waals surface area contributed by atoms with E-state index in [1.54, 1.807) is 17.8 Å². The Kier molecular flexibility index (Phi) is 6.35. The molecule has 0 fully saturated rings. The molecule has 4 aromatic rings. The number of aromatic nitrogens is 3. The van der Waals surface area contributed by atoms with E-state index in [4.69, 9.17) is 0 Å². The number of rotatable bonds is 5. The number of hydrogen-bond acceptors (Lipinski definition) is 4. The molecule has 180 valence electrons. The van der Waals surface area contributed by atoms with Crippen molar-refractivity contribution in [3.63, 3.8) is 0 Å². The van der Waals surface area contributed by atoms with E-state index in [1.807, 2.05) is 68.4 Å². The van der Waals surface area contributed by atoms with Crippen LogP contribution in [0.2, 0.25) is 0 Å². The van der Waals surface area contributed by atoms with Crippen LogP contribution >= 0.6 is 0 Å². The van der Waals surface area contributed by atoms with Gasteiger partial charge in [0.2, 0.25) is 0 Å². The Labute approximate surface area is 205 Å². The Balaban J connectivity index is 1.63. The molecule has 35 heavy (non-hydrogen) atoms. The van der Waals surface area contributed by atoms with Gasteiger partial charge in [-0.25, -0.2) is 0 Å². The summed E-state index contributed by atoms with van der Waals surface area (Å²) in [5.41, 5.74) is 6.37. The predicted molar refractivity (Wildman–Crippen MR) is 142 cm³/mol. The van der Waals surface area contributed by atoms with Crippen LogP contribution in [0, 0.1) is 13.8 Å². The molecule has 0 saturated heterocycles. The summed E-state index contributed by atoms with van der Waals surface area (Å²) in [6.07, 6.45) is 1.79. The van der Waals surface area contributed by atoms with E-state index in [1.165, 1.54) is 5.56 Å². The van der Waals surface area contributed by atoms with Crippen molar-refractivity contribution >= 4 is 23.1 Å². The molecule has 0 unspecified atom stereocenters. The number of amides is 1. The topological polar surface area (TPSA) is 91.8 Å². The van der Waals surface area contributed by atoms with Gasteiger partial charge in [-0.05, 0) is 60.2 Å². The molecule has 3 N–H and O–H groups in total. The van der Waals surface area contributed by atoms with Gasteiger partial charge in [-0.2, -0.15) is 5.10 Å². The van der Waals surface area contributed by atoms with Crippen molar-refractivity contribution < 1.29 is 4.79 Å². The van der Waals surface area contributed by atoms with Gasteiger partial charge in [-0.1, -0.05) is 45.0 Å². The fraction of sp³-hybridized carbons (Fsp3) is 0.250. The highest BCUT2D eigenvalue weighted by atomic mass is 16.1. The fourth-order valence-electron chi connectivity index (χ4n) is 3.97. The molecule has 1 amide bonds. The summed E-state index contributed by atoms with van der Waals surface area (Å²) in [5.74, 6) is 0.411. The van der Waals surface area contributed by atoms with E-state index >= 15 is 0 Å². The van der Waals surface area contributed by atoms with Crippen molar-refractivity contribution in [2.75, 3.05) is 10.6 Å². The third-order valence-corrected chi connectivity index (χ3v) is 6.06. The third kappa shape index (κ3) is 5.19. The van der Waals surface area contributed by atoms with Gasteiger partial charge in [0.25, 0.3) is 11.5 Å². The lowest BCUT2D eigenvalue weighted by molar-refractivity contribution is 0.102. The minimum atomic E-state index is -0.164. The van der Waals surface area contributed by atoms with Crippen molar-refractivity contribution in [2.24, 2.45) is 7.05 Å². The minimum absolute atomic E-state index is 0.0272. The summed E-state index contributed by atoms with van der Waals surface area (Å²) in [7, 11) is 1.72. The first kappa shape index (κ1) is 24.0. The van der Waals surface area contributed by atoms with E-state index in [2.05, 4.69) is 41.6 Å². The average molecular weight is 470 g/mol. The molecular formula is C28H31N5O2. The number of H-pyrrole nitrogens is 1. The van der Waals surface area contributed by atoms with E-state index < -0.39 is 0 Å². The van der Waals surface area contributed by atoms with E-state index in [9.17, 15) is 9.59 Å². The molecule has 0 atom stereocenters. The maximum absolute atomic E-state index is 13.0. The molecule has 0 aliphatic carbocycles. The molecule has 2 aromatic heterocycles. The van der Waals surface area contributed by atoms with Crippen LogP contribution in [0.5, 0.6) is 0 Å². The largest absolute Gasteiger partial charge is 0.334 e. The highest BCUT2D eigenvalue weighted by Gasteiger charge is 2.16.